The number of pyridine rings is 1. The summed E-state index contributed by atoms with van der Waals surface area (Å²) in [5, 5.41) is 9.06. The predicted octanol–water partition coefficient (Wildman–Crippen LogP) is 2.22. The quantitative estimate of drug-likeness (QED) is 0.791. The zero-order valence-electron chi connectivity index (χ0n) is 7.92. The standard InChI is InChI=1S/C9H11F2NOS/c1-9(2,5-13)14-8-7(11)3-6(10)4-12-8/h3-4,13H,5H2,1-2H3. The first-order chi connectivity index (χ1) is 6.44. The topological polar surface area (TPSA) is 33.1 Å². The monoisotopic (exact) mass is 219 g/mol. The van der Waals surface area contributed by atoms with Crippen LogP contribution in [-0.4, -0.2) is 21.4 Å². The van der Waals surface area contributed by atoms with Gasteiger partial charge in [0.25, 0.3) is 0 Å². The Balaban J connectivity index is 2.87. The molecule has 0 saturated heterocycles. The first kappa shape index (κ1) is 11.4. The van der Waals surface area contributed by atoms with Crippen LogP contribution >= 0.6 is 11.8 Å². The van der Waals surface area contributed by atoms with Gasteiger partial charge in [0.05, 0.1) is 12.8 Å². The summed E-state index contributed by atoms with van der Waals surface area (Å²) in [5.41, 5.74) is 0. The average Bonchev–Trinajstić information content (AvgIpc) is 2.10. The Morgan fingerprint density at radius 1 is 1.50 bits per heavy atom. The summed E-state index contributed by atoms with van der Waals surface area (Å²) in [7, 11) is 0. The van der Waals surface area contributed by atoms with Gasteiger partial charge in [0.2, 0.25) is 0 Å². The van der Waals surface area contributed by atoms with E-state index in [1.807, 2.05) is 0 Å². The molecule has 1 rings (SSSR count). The summed E-state index contributed by atoms with van der Waals surface area (Å²) in [4.78, 5) is 3.61. The number of aliphatic hydroxyl groups excluding tert-OH is 1. The van der Waals surface area contributed by atoms with Crippen LogP contribution in [0.25, 0.3) is 0 Å². The van der Waals surface area contributed by atoms with Crippen LogP contribution in [0.2, 0.25) is 0 Å². The molecule has 0 aliphatic carbocycles. The van der Waals surface area contributed by atoms with E-state index in [-0.39, 0.29) is 11.6 Å². The van der Waals surface area contributed by atoms with Gasteiger partial charge in [-0.15, -0.1) is 0 Å². The second-order valence-corrected chi connectivity index (χ2v) is 5.16. The highest BCUT2D eigenvalue weighted by Crippen LogP contribution is 2.32. The van der Waals surface area contributed by atoms with Crippen LogP contribution in [-0.2, 0) is 0 Å². The molecule has 1 N–H and O–H groups in total. The fourth-order valence-electron chi connectivity index (χ4n) is 0.771. The molecular formula is C9H11F2NOS. The van der Waals surface area contributed by atoms with Crippen LogP contribution in [0, 0.1) is 11.6 Å². The van der Waals surface area contributed by atoms with Crippen molar-refractivity contribution in [3.05, 3.63) is 23.9 Å². The molecule has 0 fully saturated rings. The number of thioether (sulfide) groups is 1. The van der Waals surface area contributed by atoms with Crippen molar-refractivity contribution < 1.29 is 13.9 Å². The van der Waals surface area contributed by atoms with Crippen molar-refractivity contribution in [2.24, 2.45) is 0 Å². The van der Waals surface area contributed by atoms with E-state index in [0.717, 1.165) is 24.0 Å². The molecule has 2 nitrogen and oxygen atoms in total. The lowest BCUT2D eigenvalue weighted by molar-refractivity contribution is 0.264. The minimum absolute atomic E-state index is 0.101. The Morgan fingerprint density at radius 2 is 2.14 bits per heavy atom. The van der Waals surface area contributed by atoms with E-state index < -0.39 is 16.4 Å². The van der Waals surface area contributed by atoms with Gasteiger partial charge in [-0.05, 0) is 13.8 Å². The molecular weight excluding hydrogens is 208 g/mol. The van der Waals surface area contributed by atoms with Gasteiger partial charge in [0, 0.05) is 10.8 Å². The number of aromatic nitrogens is 1. The summed E-state index contributed by atoms with van der Waals surface area (Å²) in [6, 6.07) is 0.781. The number of hydrogen-bond donors (Lipinski definition) is 1. The van der Waals surface area contributed by atoms with Gasteiger partial charge in [0.1, 0.15) is 10.8 Å². The molecule has 1 heterocycles. The lowest BCUT2D eigenvalue weighted by Crippen LogP contribution is -2.20. The highest BCUT2D eigenvalue weighted by Gasteiger charge is 2.21. The molecule has 14 heavy (non-hydrogen) atoms. The Labute approximate surface area is 85.4 Å². The van der Waals surface area contributed by atoms with E-state index in [2.05, 4.69) is 4.98 Å². The van der Waals surface area contributed by atoms with E-state index in [1.54, 1.807) is 13.8 Å². The zero-order valence-corrected chi connectivity index (χ0v) is 8.74. The van der Waals surface area contributed by atoms with Crippen molar-refractivity contribution in [3.63, 3.8) is 0 Å². The van der Waals surface area contributed by atoms with Gasteiger partial charge in [-0.25, -0.2) is 13.8 Å². The summed E-state index contributed by atoms with van der Waals surface area (Å²) in [6.45, 7) is 3.40. The number of nitrogens with zero attached hydrogens (tertiary/aromatic N) is 1. The van der Waals surface area contributed by atoms with E-state index in [9.17, 15) is 8.78 Å². The molecule has 0 radical (unpaired) electrons. The van der Waals surface area contributed by atoms with Gasteiger partial charge in [-0.3, -0.25) is 0 Å². The summed E-state index contributed by atoms with van der Waals surface area (Å²) >= 11 is 1.08. The fraction of sp³-hybridized carbons (Fsp3) is 0.444. The Hall–Kier alpha value is -0.680. The SMILES string of the molecule is CC(C)(CO)Sc1ncc(F)cc1F. The van der Waals surface area contributed by atoms with Crippen LogP contribution in [0.1, 0.15) is 13.8 Å². The normalized spacial score (nSPS) is 11.8. The van der Waals surface area contributed by atoms with Crippen molar-refractivity contribution in [1.82, 2.24) is 4.98 Å². The van der Waals surface area contributed by atoms with Crippen LogP contribution in [0.15, 0.2) is 17.3 Å². The molecule has 0 bridgehead atoms. The van der Waals surface area contributed by atoms with Crippen LogP contribution in [0.4, 0.5) is 8.78 Å². The summed E-state index contributed by atoms with van der Waals surface area (Å²) in [6.07, 6.45) is 0.957. The number of rotatable bonds is 3. The number of halogens is 2. The van der Waals surface area contributed by atoms with Gasteiger partial charge >= 0.3 is 0 Å². The molecule has 78 valence electrons. The molecule has 0 aromatic carbocycles. The molecule has 0 aliphatic rings. The first-order valence-electron chi connectivity index (χ1n) is 4.05. The van der Waals surface area contributed by atoms with Gasteiger partial charge in [-0.2, -0.15) is 0 Å². The molecule has 0 atom stereocenters. The first-order valence-corrected chi connectivity index (χ1v) is 4.87. The second-order valence-electron chi connectivity index (χ2n) is 3.46. The number of hydrogen-bond acceptors (Lipinski definition) is 3. The number of aliphatic hydroxyl groups is 1. The minimum atomic E-state index is -0.700. The highest BCUT2D eigenvalue weighted by molar-refractivity contribution is 8.00. The predicted molar refractivity (Wildman–Crippen MR) is 51.2 cm³/mol. The third kappa shape index (κ3) is 2.92. The zero-order chi connectivity index (χ0) is 10.8. The lowest BCUT2D eigenvalue weighted by atomic mass is 10.2. The fourth-order valence-corrected chi connectivity index (χ4v) is 1.62. The molecule has 1 aromatic rings. The summed E-state index contributed by atoms with van der Waals surface area (Å²) < 4.78 is 25.1. The third-order valence-electron chi connectivity index (χ3n) is 1.53. The molecule has 0 aliphatic heterocycles. The van der Waals surface area contributed by atoms with Crippen LogP contribution in [0.5, 0.6) is 0 Å². The Morgan fingerprint density at radius 3 is 2.64 bits per heavy atom. The molecule has 1 aromatic heterocycles. The molecule has 0 saturated carbocycles. The Kier molecular flexibility index (Phi) is 3.44. The highest BCUT2D eigenvalue weighted by atomic mass is 32.2. The van der Waals surface area contributed by atoms with Gasteiger partial charge < -0.3 is 5.11 Å². The summed E-state index contributed by atoms with van der Waals surface area (Å²) in [5.74, 6) is -1.40. The molecule has 0 amide bonds. The smallest absolute Gasteiger partial charge is 0.158 e. The van der Waals surface area contributed by atoms with E-state index in [4.69, 9.17) is 5.11 Å². The van der Waals surface area contributed by atoms with Crippen LogP contribution in [0.3, 0.4) is 0 Å². The van der Waals surface area contributed by atoms with Crippen LogP contribution < -0.4 is 0 Å². The third-order valence-corrected chi connectivity index (χ3v) is 2.70. The van der Waals surface area contributed by atoms with Gasteiger partial charge in [0.15, 0.2) is 5.82 Å². The van der Waals surface area contributed by atoms with Gasteiger partial charge in [-0.1, -0.05) is 11.8 Å². The minimum Gasteiger partial charge on any atom is -0.395 e. The molecule has 0 unspecified atom stereocenters. The largest absolute Gasteiger partial charge is 0.395 e. The van der Waals surface area contributed by atoms with E-state index in [1.165, 1.54) is 0 Å². The van der Waals surface area contributed by atoms with Crippen molar-refractivity contribution in [2.45, 2.75) is 23.6 Å². The van der Waals surface area contributed by atoms with Crippen molar-refractivity contribution in [2.75, 3.05) is 6.61 Å². The maximum atomic E-state index is 13.1. The van der Waals surface area contributed by atoms with E-state index >= 15 is 0 Å². The molecule has 5 heteroatoms. The maximum Gasteiger partial charge on any atom is 0.158 e. The second kappa shape index (κ2) is 4.23. The lowest BCUT2D eigenvalue weighted by Gasteiger charge is -2.20. The van der Waals surface area contributed by atoms with Crippen molar-refractivity contribution in [3.8, 4) is 0 Å². The average molecular weight is 219 g/mol. The van der Waals surface area contributed by atoms with Crippen molar-refractivity contribution in [1.29, 1.82) is 0 Å². The Bertz CT molecular complexity index is 331. The van der Waals surface area contributed by atoms with Crippen molar-refractivity contribution >= 4 is 11.8 Å². The maximum absolute atomic E-state index is 13.1. The van der Waals surface area contributed by atoms with E-state index in [0.29, 0.717) is 0 Å². The molecule has 0 spiro atoms.